The topological polar surface area (TPSA) is 81.1 Å². The maximum Gasteiger partial charge on any atom is 0.326 e. The van der Waals surface area contributed by atoms with Crippen LogP contribution >= 0.6 is 0 Å². The number of hydrogen-bond donors (Lipinski definition) is 2. The fourth-order valence-corrected chi connectivity index (χ4v) is 2.81. The van der Waals surface area contributed by atoms with Crippen LogP contribution in [0.4, 0.5) is 5.69 Å². The van der Waals surface area contributed by atoms with Crippen LogP contribution in [-0.2, 0) is 4.79 Å². The molecule has 23 heavy (non-hydrogen) atoms. The van der Waals surface area contributed by atoms with E-state index in [2.05, 4.69) is 4.98 Å². The van der Waals surface area contributed by atoms with Gasteiger partial charge < -0.3 is 15.4 Å². The first-order valence-electron chi connectivity index (χ1n) is 7.59. The van der Waals surface area contributed by atoms with Crippen molar-refractivity contribution in [3.05, 3.63) is 48.0 Å². The third-order valence-electron chi connectivity index (χ3n) is 4.12. The molecule has 0 aliphatic heterocycles. The molecule has 2 aromatic carbocycles. The summed E-state index contributed by atoms with van der Waals surface area (Å²) in [6.45, 7) is 3.80. The third kappa shape index (κ3) is 2.54. The Kier molecular flexibility index (Phi) is 3.78. The van der Waals surface area contributed by atoms with Crippen LogP contribution < -0.4 is 5.73 Å². The summed E-state index contributed by atoms with van der Waals surface area (Å²) in [6.07, 6.45) is 0.476. The zero-order valence-corrected chi connectivity index (χ0v) is 13.2. The van der Waals surface area contributed by atoms with Gasteiger partial charge >= 0.3 is 5.97 Å². The second-order valence-electron chi connectivity index (χ2n) is 5.63. The highest BCUT2D eigenvalue weighted by molar-refractivity contribution is 5.84. The van der Waals surface area contributed by atoms with E-state index in [0.29, 0.717) is 17.9 Å². The predicted molar refractivity (Wildman–Crippen MR) is 91.3 cm³/mol. The second kappa shape index (κ2) is 5.76. The molecule has 0 fully saturated rings. The Labute approximate surface area is 134 Å². The summed E-state index contributed by atoms with van der Waals surface area (Å²) in [5.41, 5.74) is 10.1. The predicted octanol–water partition coefficient (Wildman–Crippen LogP) is 3.63. The van der Waals surface area contributed by atoms with E-state index in [-0.39, 0.29) is 0 Å². The van der Waals surface area contributed by atoms with Crippen molar-refractivity contribution in [1.29, 1.82) is 0 Å². The van der Waals surface area contributed by atoms with Crippen LogP contribution in [0.25, 0.3) is 22.4 Å². The molecule has 5 nitrogen and oxygen atoms in total. The number of aryl methyl sites for hydroxylation is 1. The maximum atomic E-state index is 11.7. The number of benzene rings is 2. The summed E-state index contributed by atoms with van der Waals surface area (Å²) in [5, 5.41) is 9.60. The fourth-order valence-electron chi connectivity index (χ4n) is 2.81. The van der Waals surface area contributed by atoms with E-state index in [1.54, 1.807) is 4.57 Å². The molecule has 1 unspecified atom stereocenters. The van der Waals surface area contributed by atoms with Crippen molar-refractivity contribution in [2.24, 2.45) is 0 Å². The fraction of sp³-hybridized carbons (Fsp3) is 0.222. The summed E-state index contributed by atoms with van der Waals surface area (Å²) < 4.78 is 1.79. The number of carbonyl (C=O) groups is 1. The van der Waals surface area contributed by atoms with Crippen LogP contribution in [0.15, 0.2) is 42.5 Å². The average molecular weight is 309 g/mol. The number of rotatable bonds is 4. The van der Waals surface area contributed by atoms with Gasteiger partial charge in [0.15, 0.2) is 0 Å². The molecule has 0 aliphatic rings. The summed E-state index contributed by atoms with van der Waals surface area (Å²) in [5.74, 6) is -0.232. The van der Waals surface area contributed by atoms with Gasteiger partial charge in [-0.2, -0.15) is 0 Å². The molecule has 1 atom stereocenters. The highest BCUT2D eigenvalue weighted by Crippen LogP contribution is 2.31. The first-order valence-corrected chi connectivity index (χ1v) is 7.59. The second-order valence-corrected chi connectivity index (χ2v) is 5.63. The number of carboxylic acid groups (broad SMARTS) is 1. The first kappa shape index (κ1) is 15.1. The molecule has 3 aromatic rings. The van der Waals surface area contributed by atoms with Gasteiger partial charge in [0.05, 0.1) is 11.0 Å². The van der Waals surface area contributed by atoms with Gasteiger partial charge in [-0.05, 0) is 37.1 Å². The highest BCUT2D eigenvalue weighted by Gasteiger charge is 2.24. The molecule has 5 heteroatoms. The Morgan fingerprint density at radius 1 is 1.30 bits per heavy atom. The molecule has 1 aromatic heterocycles. The Bertz CT molecular complexity index is 883. The molecule has 0 radical (unpaired) electrons. The molecule has 0 spiro atoms. The van der Waals surface area contributed by atoms with E-state index in [9.17, 15) is 9.90 Å². The van der Waals surface area contributed by atoms with Crippen molar-refractivity contribution in [2.75, 3.05) is 5.73 Å². The van der Waals surface area contributed by atoms with Gasteiger partial charge in [0.25, 0.3) is 0 Å². The Balaban J connectivity index is 2.31. The zero-order valence-electron chi connectivity index (χ0n) is 13.2. The summed E-state index contributed by atoms with van der Waals surface area (Å²) >= 11 is 0. The largest absolute Gasteiger partial charge is 0.480 e. The van der Waals surface area contributed by atoms with Crippen LogP contribution in [0.2, 0.25) is 0 Å². The summed E-state index contributed by atoms with van der Waals surface area (Å²) in [6, 6.07) is 12.6. The van der Waals surface area contributed by atoms with Crippen molar-refractivity contribution in [3.8, 4) is 11.4 Å². The molecule has 118 valence electrons. The minimum absolute atomic E-state index is 0.476. The summed E-state index contributed by atoms with van der Waals surface area (Å²) in [4.78, 5) is 16.4. The lowest BCUT2D eigenvalue weighted by Gasteiger charge is -2.17. The number of anilines is 1. The number of hydrogen-bond acceptors (Lipinski definition) is 3. The standard InChI is InChI=1S/C18H19N3O2/c1-3-15(18(22)23)21-16-7-5-4-6-14(16)20-17(21)12-9-8-11(2)13(19)10-12/h4-10,15H,3,19H2,1-2H3,(H,22,23). The SMILES string of the molecule is CCC(C(=O)O)n1c(-c2ccc(C)c(N)c2)nc2ccccc21. The normalized spacial score (nSPS) is 12.4. The number of para-hydroxylation sites is 2. The Hall–Kier alpha value is -2.82. The van der Waals surface area contributed by atoms with Crippen LogP contribution in [0.5, 0.6) is 0 Å². The van der Waals surface area contributed by atoms with Crippen LogP contribution in [0.3, 0.4) is 0 Å². The van der Waals surface area contributed by atoms with Gasteiger partial charge in [0.2, 0.25) is 0 Å². The number of nitrogens with two attached hydrogens (primary N) is 1. The van der Waals surface area contributed by atoms with Gasteiger partial charge in [-0.15, -0.1) is 0 Å². The van der Waals surface area contributed by atoms with E-state index < -0.39 is 12.0 Å². The van der Waals surface area contributed by atoms with Crippen molar-refractivity contribution >= 4 is 22.7 Å². The number of carboxylic acids is 1. The smallest absolute Gasteiger partial charge is 0.326 e. The molecule has 3 N–H and O–H groups in total. The number of imidazole rings is 1. The molecule has 1 heterocycles. The Morgan fingerprint density at radius 2 is 2.04 bits per heavy atom. The van der Waals surface area contributed by atoms with Gasteiger partial charge in [-0.25, -0.2) is 9.78 Å². The zero-order chi connectivity index (χ0) is 16.6. The average Bonchev–Trinajstić information content (AvgIpc) is 2.90. The molecular formula is C18H19N3O2. The third-order valence-corrected chi connectivity index (χ3v) is 4.12. The van der Waals surface area contributed by atoms with Gasteiger partial charge in [-0.3, -0.25) is 0 Å². The van der Waals surface area contributed by atoms with Crippen molar-refractivity contribution in [1.82, 2.24) is 9.55 Å². The lowest BCUT2D eigenvalue weighted by atomic mass is 10.1. The number of nitrogen functional groups attached to an aromatic ring is 1. The quantitative estimate of drug-likeness (QED) is 0.721. The minimum Gasteiger partial charge on any atom is -0.480 e. The van der Waals surface area contributed by atoms with Crippen LogP contribution in [0, 0.1) is 6.92 Å². The lowest BCUT2D eigenvalue weighted by Crippen LogP contribution is -2.19. The molecule has 3 rings (SSSR count). The van der Waals surface area contributed by atoms with Crippen LogP contribution in [0.1, 0.15) is 24.9 Å². The number of nitrogens with zero attached hydrogens (tertiary/aromatic N) is 2. The number of aliphatic carboxylic acids is 1. The molecule has 0 amide bonds. The Morgan fingerprint density at radius 3 is 2.70 bits per heavy atom. The van der Waals surface area contributed by atoms with Gasteiger partial charge in [0.1, 0.15) is 11.9 Å². The van der Waals surface area contributed by atoms with Crippen molar-refractivity contribution in [2.45, 2.75) is 26.3 Å². The minimum atomic E-state index is -0.864. The molecule has 0 saturated heterocycles. The maximum absolute atomic E-state index is 11.7. The monoisotopic (exact) mass is 309 g/mol. The molecule has 0 bridgehead atoms. The van der Waals surface area contributed by atoms with Gasteiger partial charge in [0, 0.05) is 11.3 Å². The van der Waals surface area contributed by atoms with Crippen molar-refractivity contribution < 1.29 is 9.90 Å². The van der Waals surface area contributed by atoms with E-state index >= 15 is 0 Å². The van der Waals surface area contributed by atoms with E-state index in [1.807, 2.05) is 56.3 Å². The van der Waals surface area contributed by atoms with E-state index in [1.165, 1.54) is 0 Å². The van der Waals surface area contributed by atoms with Gasteiger partial charge in [-0.1, -0.05) is 31.2 Å². The highest BCUT2D eigenvalue weighted by atomic mass is 16.4. The van der Waals surface area contributed by atoms with Crippen molar-refractivity contribution in [3.63, 3.8) is 0 Å². The van der Waals surface area contributed by atoms with E-state index in [4.69, 9.17) is 5.73 Å². The van der Waals surface area contributed by atoms with E-state index in [0.717, 1.165) is 22.2 Å². The summed E-state index contributed by atoms with van der Waals surface area (Å²) in [7, 11) is 0. The van der Waals surface area contributed by atoms with Crippen LogP contribution in [-0.4, -0.2) is 20.6 Å². The molecule has 0 saturated carbocycles. The molecule has 0 aliphatic carbocycles. The lowest BCUT2D eigenvalue weighted by molar-refractivity contribution is -0.140. The first-order chi connectivity index (χ1) is 11.0. The number of aromatic nitrogens is 2. The number of fused-ring (bicyclic) bond motifs is 1. The molecular weight excluding hydrogens is 290 g/mol.